The van der Waals surface area contributed by atoms with Crippen molar-refractivity contribution in [2.24, 2.45) is 0 Å². The Balaban J connectivity index is 1.64. The Hall–Kier alpha value is -3.59. The van der Waals surface area contributed by atoms with E-state index >= 15 is 0 Å². The van der Waals surface area contributed by atoms with E-state index in [4.69, 9.17) is 4.74 Å². The molecule has 36 heavy (non-hydrogen) atoms. The highest BCUT2D eigenvalue weighted by Crippen LogP contribution is 2.36. The average molecular weight is 487 g/mol. The van der Waals surface area contributed by atoms with Crippen LogP contribution in [0.5, 0.6) is 0 Å². The summed E-state index contributed by atoms with van der Waals surface area (Å²) in [6, 6.07) is 5.77. The van der Waals surface area contributed by atoms with Crippen LogP contribution in [0.4, 0.5) is 5.69 Å². The number of H-pyrrole nitrogens is 1. The third kappa shape index (κ3) is 5.79. The summed E-state index contributed by atoms with van der Waals surface area (Å²) in [6.07, 6.45) is 10.0. The van der Waals surface area contributed by atoms with Gasteiger partial charge < -0.3 is 15.0 Å². The van der Waals surface area contributed by atoms with E-state index in [0.717, 1.165) is 53.8 Å². The van der Waals surface area contributed by atoms with Gasteiger partial charge in [0.25, 0.3) is 5.91 Å². The Labute approximate surface area is 212 Å². The zero-order valence-corrected chi connectivity index (χ0v) is 21.2. The Bertz CT molecular complexity index is 1260. The molecule has 1 aliphatic carbocycles. The van der Waals surface area contributed by atoms with Crippen molar-refractivity contribution in [1.29, 1.82) is 0 Å². The number of hydrogen-bond donors (Lipinski definition) is 2. The number of ether oxygens (including phenoxy) is 1. The number of ketones is 1. The summed E-state index contributed by atoms with van der Waals surface area (Å²) in [5.74, 6) is 6.08. The lowest BCUT2D eigenvalue weighted by atomic mass is 9.91. The number of esters is 1. The van der Waals surface area contributed by atoms with Crippen LogP contribution in [0.3, 0.4) is 0 Å². The topological polar surface area (TPSA) is 88.3 Å². The Morgan fingerprint density at radius 2 is 2.00 bits per heavy atom. The monoisotopic (exact) mass is 486 g/mol. The van der Waals surface area contributed by atoms with Crippen LogP contribution < -0.4 is 5.32 Å². The van der Waals surface area contributed by atoms with Gasteiger partial charge in [0.15, 0.2) is 5.78 Å². The molecule has 0 unspecified atom stereocenters. The molecule has 0 fully saturated rings. The SMILES string of the molecule is CCCCCCC#Cc1ccc2c(c1)C(=Cc1[nH]c3c(c1CCC(=O)OCC)C(=O)CCC3)C(=O)N2. The number of carbonyl (C=O) groups excluding carboxylic acids is 3. The minimum absolute atomic E-state index is 0.0868. The fourth-order valence-corrected chi connectivity index (χ4v) is 4.89. The highest BCUT2D eigenvalue weighted by atomic mass is 16.5. The first-order valence-electron chi connectivity index (χ1n) is 13.1. The number of Topliss-reactive ketones (excluding diaryl/α,β-unsaturated/α-hetero) is 1. The van der Waals surface area contributed by atoms with Crippen LogP contribution in [0.1, 0.15) is 104 Å². The fraction of sp³-hybridized carbons (Fsp3) is 0.433. The van der Waals surface area contributed by atoms with Gasteiger partial charge in [-0.05, 0) is 62.4 Å². The molecule has 1 aromatic carbocycles. The van der Waals surface area contributed by atoms with Crippen molar-refractivity contribution in [1.82, 2.24) is 4.98 Å². The average Bonchev–Trinajstić information content (AvgIpc) is 3.37. The number of rotatable bonds is 9. The number of anilines is 1. The maximum atomic E-state index is 12.9. The third-order valence-electron chi connectivity index (χ3n) is 6.69. The predicted octanol–water partition coefficient (Wildman–Crippen LogP) is 5.84. The van der Waals surface area contributed by atoms with Gasteiger partial charge in [0, 0.05) is 53.0 Å². The molecule has 2 aromatic rings. The first-order chi connectivity index (χ1) is 17.5. The number of hydrogen-bond acceptors (Lipinski definition) is 4. The van der Waals surface area contributed by atoms with Gasteiger partial charge in [-0.1, -0.05) is 38.0 Å². The number of carbonyl (C=O) groups is 3. The van der Waals surface area contributed by atoms with Crippen LogP contribution in [0, 0.1) is 11.8 Å². The minimum atomic E-state index is -0.295. The second-order valence-electron chi connectivity index (χ2n) is 9.34. The summed E-state index contributed by atoms with van der Waals surface area (Å²) in [4.78, 5) is 41.1. The molecule has 2 aliphatic rings. The maximum Gasteiger partial charge on any atom is 0.306 e. The minimum Gasteiger partial charge on any atom is -0.466 e. The Kier molecular flexibility index (Phi) is 8.43. The Morgan fingerprint density at radius 3 is 2.81 bits per heavy atom. The van der Waals surface area contributed by atoms with E-state index in [2.05, 4.69) is 29.1 Å². The number of aromatic amines is 1. The molecule has 0 saturated carbocycles. The zero-order valence-electron chi connectivity index (χ0n) is 21.2. The molecule has 1 amide bonds. The van der Waals surface area contributed by atoms with E-state index in [1.165, 1.54) is 19.3 Å². The molecule has 0 radical (unpaired) electrons. The third-order valence-corrected chi connectivity index (χ3v) is 6.69. The van der Waals surface area contributed by atoms with Gasteiger partial charge >= 0.3 is 5.97 Å². The number of benzene rings is 1. The summed E-state index contributed by atoms with van der Waals surface area (Å²) in [6.45, 7) is 4.29. The largest absolute Gasteiger partial charge is 0.466 e. The molecule has 2 heterocycles. The van der Waals surface area contributed by atoms with Crippen molar-refractivity contribution in [3.8, 4) is 11.8 Å². The molecule has 0 bridgehead atoms. The van der Waals surface area contributed by atoms with Crippen molar-refractivity contribution < 1.29 is 19.1 Å². The molecule has 2 N–H and O–H groups in total. The number of aromatic nitrogens is 1. The van der Waals surface area contributed by atoms with E-state index in [1.54, 1.807) is 6.92 Å². The second kappa shape index (κ2) is 11.9. The molecule has 0 saturated heterocycles. The van der Waals surface area contributed by atoms with Crippen molar-refractivity contribution in [2.75, 3.05) is 11.9 Å². The van der Waals surface area contributed by atoms with Gasteiger partial charge in [-0.15, -0.1) is 0 Å². The molecule has 4 rings (SSSR count). The van der Waals surface area contributed by atoms with Crippen molar-refractivity contribution in [3.63, 3.8) is 0 Å². The lowest BCUT2D eigenvalue weighted by Gasteiger charge is -2.11. The van der Waals surface area contributed by atoms with Gasteiger partial charge in [0.05, 0.1) is 12.2 Å². The lowest BCUT2D eigenvalue weighted by molar-refractivity contribution is -0.143. The predicted molar refractivity (Wildman–Crippen MR) is 142 cm³/mol. The number of fused-ring (bicyclic) bond motifs is 2. The van der Waals surface area contributed by atoms with Gasteiger partial charge in [0.1, 0.15) is 0 Å². The van der Waals surface area contributed by atoms with E-state index in [9.17, 15) is 14.4 Å². The highest BCUT2D eigenvalue weighted by molar-refractivity contribution is 6.35. The van der Waals surface area contributed by atoms with E-state index in [0.29, 0.717) is 36.3 Å². The molecule has 0 atom stereocenters. The number of nitrogens with one attached hydrogen (secondary N) is 2. The molecular weight excluding hydrogens is 452 g/mol. The summed E-state index contributed by atoms with van der Waals surface area (Å²) in [5.41, 5.74) is 6.02. The van der Waals surface area contributed by atoms with Crippen LogP contribution in [-0.4, -0.2) is 29.3 Å². The Morgan fingerprint density at radius 1 is 1.14 bits per heavy atom. The smallest absolute Gasteiger partial charge is 0.306 e. The van der Waals surface area contributed by atoms with Gasteiger partial charge in [-0.25, -0.2) is 0 Å². The van der Waals surface area contributed by atoms with Crippen molar-refractivity contribution in [2.45, 2.75) is 78.1 Å². The highest BCUT2D eigenvalue weighted by Gasteiger charge is 2.29. The van der Waals surface area contributed by atoms with E-state index in [1.807, 2.05) is 24.3 Å². The normalized spacial score (nSPS) is 15.2. The summed E-state index contributed by atoms with van der Waals surface area (Å²) < 4.78 is 5.09. The summed E-state index contributed by atoms with van der Waals surface area (Å²) >= 11 is 0. The second-order valence-corrected chi connectivity index (χ2v) is 9.34. The first-order valence-corrected chi connectivity index (χ1v) is 13.1. The molecule has 188 valence electrons. The van der Waals surface area contributed by atoms with Crippen LogP contribution in [0.25, 0.3) is 11.6 Å². The number of unbranched alkanes of at least 4 members (excludes halogenated alkanes) is 4. The quantitative estimate of drug-likeness (QED) is 0.202. The van der Waals surface area contributed by atoms with Gasteiger partial charge in [-0.3, -0.25) is 14.4 Å². The van der Waals surface area contributed by atoms with E-state index in [-0.39, 0.29) is 24.1 Å². The van der Waals surface area contributed by atoms with Crippen LogP contribution in [0.15, 0.2) is 18.2 Å². The van der Waals surface area contributed by atoms with Gasteiger partial charge in [0.2, 0.25) is 0 Å². The van der Waals surface area contributed by atoms with Crippen LogP contribution in [-0.2, 0) is 27.2 Å². The fourth-order valence-electron chi connectivity index (χ4n) is 4.89. The van der Waals surface area contributed by atoms with Crippen LogP contribution >= 0.6 is 0 Å². The number of aryl methyl sites for hydroxylation is 1. The summed E-state index contributed by atoms with van der Waals surface area (Å²) in [7, 11) is 0. The maximum absolute atomic E-state index is 12.9. The molecule has 1 aromatic heterocycles. The van der Waals surface area contributed by atoms with Crippen molar-refractivity contribution >= 4 is 35.0 Å². The van der Waals surface area contributed by atoms with E-state index < -0.39 is 0 Å². The molecule has 6 heteroatoms. The standard InChI is InChI=1S/C30H34N2O4/c1-3-5-6-7-8-9-11-20-14-16-24-22(18-20)23(30(35)32-24)19-26-21(15-17-28(34)36-4-2)29-25(31-26)12-10-13-27(29)33/h14,16,18-19,31H,3-8,10,12-13,15,17H2,1-2H3,(H,32,35). The molecular formula is C30H34N2O4. The summed E-state index contributed by atoms with van der Waals surface area (Å²) in [5, 5.41) is 2.93. The molecule has 1 aliphatic heterocycles. The van der Waals surface area contributed by atoms with Crippen molar-refractivity contribution in [3.05, 3.63) is 51.8 Å². The first kappa shape index (κ1) is 25.5. The zero-order chi connectivity index (χ0) is 25.5. The lowest BCUT2D eigenvalue weighted by Crippen LogP contribution is -2.12. The van der Waals surface area contributed by atoms with Gasteiger partial charge in [-0.2, -0.15) is 0 Å². The number of amides is 1. The molecule has 6 nitrogen and oxygen atoms in total. The molecule has 0 spiro atoms. The van der Waals surface area contributed by atoms with Crippen LogP contribution in [0.2, 0.25) is 0 Å².